The van der Waals surface area contributed by atoms with E-state index in [9.17, 15) is 8.42 Å². The number of sulfone groups is 1. The van der Waals surface area contributed by atoms with Crippen LogP contribution >= 0.6 is 15.9 Å². The smallest absolute Gasteiger partial charge is 0.182 e. The summed E-state index contributed by atoms with van der Waals surface area (Å²) in [7, 11) is -3.15. The number of nitrogens with two attached hydrogens (primary N) is 1. The summed E-state index contributed by atoms with van der Waals surface area (Å²) in [5.41, 5.74) is 6.04. The van der Waals surface area contributed by atoms with Gasteiger partial charge in [0.1, 0.15) is 0 Å². The highest BCUT2D eigenvalue weighted by molar-refractivity contribution is 9.10. The van der Waals surface area contributed by atoms with Crippen molar-refractivity contribution in [3.8, 4) is 0 Å². The van der Waals surface area contributed by atoms with Crippen LogP contribution in [-0.2, 0) is 9.84 Å². The molecule has 0 spiro atoms. The van der Waals surface area contributed by atoms with Crippen molar-refractivity contribution < 1.29 is 8.42 Å². The molecule has 0 saturated heterocycles. The summed E-state index contributed by atoms with van der Waals surface area (Å²) in [6, 6.07) is 4.86. The van der Waals surface area contributed by atoms with E-state index in [1.807, 2.05) is 0 Å². The summed E-state index contributed by atoms with van der Waals surface area (Å²) in [4.78, 5) is 0.319. The fraction of sp³-hybridized carbons (Fsp3) is 0.333. The van der Waals surface area contributed by atoms with Crippen molar-refractivity contribution in [2.75, 3.05) is 5.73 Å². The third-order valence-electron chi connectivity index (χ3n) is 2.22. The molecule has 1 aromatic carbocycles. The second-order valence-electron chi connectivity index (χ2n) is 3.43. The first kappa shape index (κ1) is 9.98. The van der Waals surface area contributed by atoms with Crippen molar-refractivity contribution in [2.24, 2.45) is 0 Å². The molecule has 0 heterocycles. The SMILES string of the molecule is Nc1ccc(Br)c(S(=O)(=O)C2CC2)c1. The Morgan fingerprint density at radius 2 is 2.00 bits per heavy atom. The highest BCUT2D eigenvalue weighted by Gasteiger charge is 2.37. The van der Waals surface area contributed by atoms with Crippen molar-refractivity contribution in [3.05, 3.63) is 22.7 Å². The third-order valence-corrected chi connectivity index (χ3v) is 5.48. The molecule has 2 rings (SSSR count). The van der Waals surface area contributed by atoms with Crippen LogP contribution < -0.4 is 5.73 Å². The van der Waals surface area contributed by atoms with Gasteiger partial charge in [-0.15, -0.1) is 0 Å². The first-order chi connectivity index (χ1) is 6.51. The normalized spacial score (nSPS) is 16.9. The van der Waals surface area contributed by atoms with Crippen LogP contribution in [0.2, 0.25) is 0 Å². The van der Waals surface area contributed by atoms with Gasteiger partial charge < -0.3 is 5.73 Å². The van der Waals surface area contributed by atoms with E-state index in [-0.39, 0.29) is 5.25 Å². The number of halogens is 1. The Hall–Kier alpha value is -0.550. The lowest BCUT2D eigenvalue weighted by atomic mass is 10.3. The summed E-state index contributed by atoms with van der Waals surface area (Å²) in [6.45, 7) is 0. The fourth-order valence-corrected chi connectivity index (χ4v) is 3.98. The van der Waals surface area contributed by atoms with Gasteiger partial charge in [0.05, 0.1) is 10.1 Å². The van der Waals surface area contributed by atoms with Crippen LogP contribution in [0.1, 0.15) is 12.8 Å². The predicted octanol–water partition coefficient (Wildman–Crippen LogP) is 1.97. The van der Waals surface area contributed by atoms with Crippen LogP contribution in [0, 0.1) is 0 Å². The highest BCUT2D eigenvalue weighted by Crippen LogP contribution is 2.37. The minimum absolute atomic E-state index is 0.194. The quantitative estimate of drug-likeness (QED) is 0.840. The van der Waals surface area contributed by atoms with Crippen molar-refractivity contribution in [3.63, 3.8) is 0 Å². The monoisotopic (exact) mass is 275 g/mol. The Bertz CT molecular complexity index is 466. The van der Waals surface area contributed by atoms with Gasteiger partial charge in [-0.1, -0.05) is 0 Å². The maximum absolute atomic E-state index is 11.9. The molecular weight excluding hydrogens is 266 g/mol. The second-order valence-corrected chi connectivity index (χ2v) is 6.49. The summed E-state index contributed by atoms with van der Waals surface area (Å²) < 4.78 is 24.4. The Morgan fingerprint density at radius 3 is 2.57 bits per heavy atom. The van der Waals surface area contributed by atoms with Gasteiger partial charge in [0.25, 0.3) is 0 Å². The molecule has 1 aromatic rings. The molecule has 0 aromatic heterocycles. The van der Waals surface area contributed by atoms with Gasteiger partial charge >= 0.3 is 0 Å². The van der Waals surface area contributed by atoms with Crippen LogP contribution in [-0.4, -0.2) is 13.7 Å². The zero-order valence-corrected chi connectivity index (χ0v) is 9.81. The van der Waals surface area contributed by atoms with E-state index in [1.165, 1.54) is 6.07 Å². The Morgan fingerprint density at radius 1 is 1.36 bits per heavy atom. The Kier molecular flexibility index (Phi) is 2.31. The number of hydrogen-bond acceptors (Lipinski definition) is 3. The molecular formula is C9H10BrNO2S. The summed E-state index contributed by atoms with van der Waals surface area (Å²) in [5, 5.41) is -0.194. The standard InChI is InChI=1S/C9H10BrNO2S/c10-8-4-1-6(11)5-9(8)14(12,13)7-2-3-7/h1,4-5,7H,2-3,11H2. The van der Waals surface area contributed by atoms with Crippen LogP contribution in [0.15, 0.2) is 27.6 Å². The molecule has 0 atom stereocenters. The molecule has 5 heteroatoms. The summed E-state index contributed by atoms with van der Waals surface area (Å²) in [5.74, 6) is 0. The van der Waals surface area contributed by atoms with Gasteiger partial charge in [-0.05, 0) is 47.0 Å². The molecule has 76 valence electrons. The van der Waals surface area contributed by atoms with Crippen LogP contribution in [0.25, 0.3) is 0 Å². The lowest BCUT2D eigenvalue weighted by Crippen LogP contribution is -2.08. The molecule has 1 saturated carbocycles. The molecule has 0 radical (unpaired) electrons. The van der Waals surface area contributed by atoms with Gasteiger partial charge in [-0.2, -0.15) is 0 Å². The fourth-order valence-electron chi connectivity index (χ4n) is 1.30. The van der Waals surface area contributed by atoms with Gasteiger partial charge in [0.15, 0.2) is 9.84 Å². The third kappa shape index (κ3) is 1.66. The molecule has 0 unspecified atom stereocenters. The number of hydrogen-bond donors (Lipinski definition) is 1. The van der Waals surface area contributed by atoms with E-state index in [1.54, 1.807) is 12.1 Å². The molecule has 2 N–H and O–H groups in total. The molecule has 0 aliphatic heterocycles. The van der Waals surface area contributed by atoms with E-state index in [0.717, 1.165) is 12.8 Å². The lowest BCUT2D eigenvalue weighted by Gasteiger charge is -2.05. The van der Waals surface area contributed by atoms with Crippen LogP contribution in [0.4, 0.5) is 5.69 Å². The van der Waals surface area contributed by atoms with E-state index in [4.69, 9.17) is 5.73 Å². The molecule has 1 aliphatic rings. The van der Waals surface area contributed by atoms with E-state index in [0.29, 0.717) is 15.1 Å². The average Bonchev–Trinajstić information content (AvgIpc) is 2.91. The minimum Gasteiger partial charge on any atom is -0.399 e. The highest BCUT2D eigenvalue weighted by atomic mass is 79.9. The number of anilines is 1. The zero-order chi connectivity index (χ0) is 10.3. The van der Waals surface area contributed by atoms with Gasteiger partial charge in [0, 0.05) is 10.2 Å². The first-order valence-corrected chi connectivity index (χ1v) is 6.64. The molecule has 1 aliphatic carbocycles. The first-order valence-electron chi connectivity index (χ1n) is 4.31. The molecule has 3 nitrogen and oxygen atoms in total. The van der Waals surface area contributed by atoms with Crippen molar-refractivity contribution in [1.82, 2.24) is 0 Å². The second kappa shape index (κ2) is 3.24. The minimum atomic E-state index is -3.15. The van der Waals surface area contributed by atoms with Gasteiger partial charge in [0.2, 0.25) is 0 Å². The summed E-state index contributed by atoms with van der Waals surface area (Å²) >= 11 is 3.23. The van der Waals surface area contributed by atoms with E-state index >= 15 is 0 Å². The Labute approximate surface area is 91.4 Å². The van der Waals surface area contributed by atoms with E-state index < -0.39 is 9.84 Å². The van der Waals surface area contributed by atoms with Crippen molar-refractivity contribution >= 4 is 31.5 Å². The topological polar surface area (TPSA) is 60.2 Å². The average molecular weight is 276 g/mol. The summed E-state index contributed by atoms with van der Waals surface area (Å²) in [6.07, 6.45) is 1.53. The molecule has 1 fully saturated rings. The predicted molar refractivity (Wildman–Crippen MR) is 58.8 cm³/mol. The molecule has 14 heavy (non-hydrogen) atoms. The van der Waals surface area contributed by atoms with E-state index in [2.05, 4.69) is 15.9 Å². The lowest BCUT2D eigenvalue weighted by molar-refractivity contribution is 0.594. The Balaban J connectivity index is 2.55. The maximum Gasteiger partial charge on any atom is 0.182 e. The number of rotatable bonds is 2. The molecule has 0 amide bonds. The number of benzene rings is 1. The van der Waals surface area contributed by atoms with Crippen molar-refractivity contribution in [1.29, 1.82) is 0 Å². The van der Waals surface area contributed by atoms with Crippen molar-refractivity contribution in [2.45, 2.75) is 23.0 Å². The van der Waals surface area contributed by atoms with Crippen LogP contribution in [0.5, 0.6) is 0 Å². The van der Waals surface area contributed by atoms with Gasteiger partial charge in [-0.25, -0.2) is 8.42 Å². The largest absolute Gasteiger partial charge is 0.399 e. The zero-order valence-electron chi connectivity index (χ0n) is 7.40. The van der Waals surface area contributed by atoms with Crippen LogP contribution in [0.3, 0.4) is 0 Å². The maximum atomic E-state index is 11.9. The number of nitrogen functional groups attached to an aromatic ring is 1. The molecule has 0 bridgehead atoms. The van der Waals surface area contributed by atoms with Gasteiger partial charge in [-0.3, -0.25) is 0 Å².